The van der Waals surface area contributed by atoms with Crippen LogP contribution in [0.15, 0.2) is 18.2 Å². The van der Waals surface area contributed by atoms with Gasteiger partial charge < -0.3 is 10.5 Å². The number of ether oxygens (including phenoxy) is 1. The zero-order valence-corrected chi connectivity index (χ0v) is 8.97. The Bertz CT molecular complexity index is 432. The van der Waals surface area contributed by atoms with Crippen LogP contribution in [0.2, 0.25) is 0 Å². The standard InChI is InChI=1S/C11H10ClNO2/c1-15-11(14)9-5-4-8(3-2-6-12)7-10(9)13/h4-5,7H,6,13H2,1H3. The van der Waals surface area contributed by atoms with Crippen LogP contribution in [0.25, 0.3) is 0 Å². The highest BCUT2D eigenvalue weighted by atomic mass is 35.5. The van der Waals surface area contributed by atoms with Crippen molar-refractivity contribution in [3.8, 4) is 11.8 Å². The van der Waals surface area contributed by atoms with Gasteiger partial charge in [0.15, 0.2) is 0 Å². The first-order chi connectivity index (χ1) is 7.19. The van der Waals surface area contributed by atoms with Gasteiger partial charge in [0.1, 0.15) is 0 Å². The van der Waals surface area contributed by atoms with E-state index in [2.05, 4.69) is 16.6 Å². The summed E-state index contributed by atoms with van der Waals surface area (Å²) in [5.74, 6) is 5.31. The minimum absolute atomic E-state index is 0.263. The molecule has 1 rings (SSSR count). The molecule has 2 N–H and O–H groups in total. The van der Waals surface area contributed by atoms with E-state index in [9.17, 15) is 4.79 Å². The molecule has 0 aliphatic carbocycles. The molecule has 0 aliphatic heterocycles. The Morgan fingerprint density at radius 3 is 2.87 bits per heavy atom. The van der Waals surface area contributed by atoms with Crippen LogP contribution < -0.4 is 5.73 Å². The number of nitrogen functional groups attached to an aromatic ring is 1. The Kier molecular flexibility index (Phi) is 4.02. The largest absolute Gasteiger partial charge is 0.465 e. The Morgan fingerprint density at radius 1 is 1.60 bits per heavy atom. The second-order valence-corrected chi connectivity index (χ2v) is 3.00. The number of carbonyl (C=O) groups is 1. The molecule has 0 radical (unpaired) electrons. The van der Waals surface area contributed by atoms with Gasteiger partial charge in [-0.2, -0.15) is 0 Å². The molecule has 78 valence electrons. The van der Waals surface area contributed by atoms with Gasteiger partial charge in [0.25, 0.3) is 0 Å². The maximum Gasteiger partial charge on any atom is 0.339 e. The highest BCUT2D eigenvalue weighted by Crippen LogP contribution is 2.14. The van der Waals surface area contributed by atoms with Crippen molar-refractivity contribution in [1.82, 2.24) is 0 Å². The summed E-state index contributed by atoms with van der Waals surface area (Å²) >= 11 is 5.42. The average molecular weight is 224 g/mol. The van der Waals surface area contributed by atoms with Gasteiger partial charge in [0.2, 0.25) is 0 Å². The minimum Gasteiger partial charge on any atom is -0.465 e. The van der Waals surface area contributed by atoms with Crippen molar-refractivity contribution in [3.05, 3.63) is 29.3 Å². The van der Waals surface area contributed by atoms with Gasteiger partial charge in [-0.15, -0.1) is 11.6 Å². The molecule has 0 bridgehead atoms. The van der Waals surface area contributed by atoms with Crippen molar-refractivity contribution < 1.29 is 9.53 Å². The summed E-state index contributed by atoms with van der Waals surface area (Å²) in [4.78, 5) is 11.2. The Labute approximate surface area is 93.2 Å². The second kappa shape index (κ2) is 5.28. The van der Waals surface area contributed by atoms with Gasteiger partial charge in [0, 0.05) is 11.3 Å². The molecule has 0 fully saturated rings. The molecule has 0 unspecified atom stereocenters. The number of halogens is 1. The maximum absolute atomic E-state index is 11.2. The van der Waals surface area contributed by atoms with E-state index in [0.29, 0.717) is 11.3 Å². The fourth-order valence-electron chi connectivity index (χ4n) is 1.07. The number of carbonyl (C=O) groups excluding carboxylic acids is 1. The number of anilines is 1. The monoisotopic (exact) mass is 223 g/mol. The van der Waals surface area contributed by atoms with Crippen LogP contribution in [0, 0.1) is 11.8 Å². The van der Waals surface area contributed by atoms with Gasteiger partial charge in [-0.05, 0) is 18.2 Å². The first-order valence-corrected chi connectivity index (χ1v) is 4.75. The van der Waals surface area contributed by atoms with E-state index in [1.807, 2.05) is 0 Å². The van der Waals surface area contributed by atoms with Crippen LogP contribution in [0.3, 0.4) is 0 Å². The third-order valence-electron chi connectivity index (χ3n) is 1.76. The molecular weight excluding hydrogens is 214 g/mol. The van der Waals surface area contributed by atoms with Crippen LogP contribution in [0.4, 0.5) is 5.69 Å². The topological polar surface area (TPSA) is 52.3 Å². The van der Waals surface area contributed by atoms with Crippen LogP contribution in [0.5, 0.6) is 0 Å². The molecule has 0 heterocycles. The van der Waals surface area contributed by atoms with Gasteiger partial charge in [-0.3, -0.25) is 0 Å². The highest BCUT2D eigenvalue weighted by molar-refractivity contribution is 6.19. The first kappa shape index (κ1) is 11.4. The number of alkyl halides is 1. The van der Waals surface area contributed by atoms with Crippen molar-refractivity contribution >= 4 is 23.3 Å². The molecule has 3 nitrogen and oxygen atoms in total. The third kappa shape index (κ3) is 2.90. The van der Waals surface area contributed by atoms with Crippen molar-refractivity contribution in [2.75, 3.05) is 18.7 Å². The van der Waals surface area contributed by atoms with Crippen molar-refractivity contribution in [2.24, 2.45) is 0 Å². The molecule has 0 amide bonds. The van der Waals surface area contributed by atoms with Crippen LogP contribution in [0.1, 0.15) is 15.9 Å². The van der Waals surface area contributed by atoms with Gasteiger partial charge in [0.05, 0.1) is 18.6 Å². The lowest BCUT2D eigenvalue weighted by atomic mass is 10.1. The molecular formula is C11H10ClNO2. The molecule has 0 aromatic heterocycles. The summed E-state index contributed by atoms with van der Waals surface area (Å²) in [6.45, 7) is 0. The van der Waals surface area contributed by atoms with E-state index in [1.54, 1.807) is 18.2 Å². The molecule has 0 spiro atoms. The molecule has 1 aromatic carbocycles. The smallest absolute Gasteiger partial charge is 0.339 e. The summed E-state index contributed by atoms with van der Waals surface area (Å²) in [7, 11) is 1.31. The summed E-state index contributed by atoms with van der Waals surface area (Å²) in [5, 5.41) is 0. The van der Waals surface area contributed by atoms with E-state index in [-0.39, 0.29) is 5.88 Å². The molecule has 0 atom stereocenters. The fraction of sp³-hybridized carbons (Fsp3) is 0.182. The van der Waals surface area contributed by atoms with Crippen LogP contribution in [-0.4, -0.2) is 19.0 Å². The number of benzene rings is 1. The number of nitrogens with two attached hydrogens (primary N) is 1. The molecule has 0 saturated heterocycles. The van der Waals surface area contributed by atoms with E-state index >= 15 is 0 Å². The molecule has 1 aromatic rings. The van der Waals surface area contributed by atoms with E-state index < -0.39 is 5.97 Å². The summed E-state index contributed by atoms with van der Waals surface area (Å²) in [6, 6.07) is 4.90. The van der Waals surface area contributed by atoms with Crippen molar-refractivity contribution in [1.29, 1.82) is 0 Å². The predicted molar refractivity (Wildman–Crippen MR) is 59.8 cm³/mol. The number of rotatable bonds is 1. The molecule has 15 heavy (non-hydrogen) atoms. The lowest BCUT2D eigenvalue weighted by Gasteiger charge is -2.03. The Balaban J connectivity index is 3.03. The normalized spacial score (nSPS) is 8.93. The van der Waals surface area contributed by atoms with Gasteiger partial charge >= 0.3 is 5.97 Å². The Morgan fingerprint density at radius 2 is 2.33 bits per heavy atom. The molecule has 0 aliphatic rings. The number of methoxy groups -OCH3 is 1. The average Bonchev–Trinajstić information content (AvgIpc) is 2.25. The minimum atomic E-state index is -0.454. The zero-order chi connectivity index (χ0) is 11.3. The first-order valence-electron chi connectivity index (χ1n) is 4.21. The van der Waals surface area contributed by atoms with E-state index in [1.165, 1.54) is 7.11 Å². The molecule has 4 heteroatoms. The fourth-order valence-corrected chi connectivity index (χ4v) is 1.14. The van der Waals surface area contributed by atoms with Gasteiger partial charge in [-0.25, -0.2) is 4.79 Å². The Hall–Kier alpha value is -1.66. The number of hydrogen-bond acceptors (Lipinski definition) is 3. The zero-order valence-electron chi connectivity index (χ0n) is 8.21. The number of esters is 1. The van der Waals surface area contributed by atoms with E-state index in [4.69, 9.17) is 17.3 Å². The van der Waals surface area contributed by atoms with E-state index in [0.717, 1.165) is 5.56 Å². The quantitative estimate of drug-likeness (QED) is 0.341. The lowest BCUT2D eigenvalue weighted by molar-refractivity contribution is 0.0602. The van der Waals surface area contributed by atoms with Crippen molar-refractivity contribution in [2.45, 2.75) is 0 Å². The summed E-state index contributed by atoms with van der Waals surface area (Å²) in [6.07, 6.45) is 0. The molecule has 0 saturated carbocycles. The highest BCUT2D eigenvalue weighted by Gasteiger charge is 2.08. The predicted octanol–water partition coefficient (Wildman–Crippen LogP) is 1.65. The summed E-state index contributed by atoms with van der Waals surface area (Å²) < 4.78 is 4.56. The summed E-state index contributed by atoms with van der Waals surface area (Å²) in [5.41, 5.74) is 7.08. The number of hydrogen-bond donors (Lipinski definition) is 1. The maximum atomic E-state index is 11.2. The van der Waals surface area contributed by atoms with Crippen molar-refractivity contribution in [3.63, 3.8) is 0 Å². The third-order valence-corrected chi connectivity index (χ3v) is 1.89. The SMILES string of the molecule is COC(=O)c1ccc(C#CCCl)cc1N. The lowest BCUT2D eigenvalue weighted by Crippen LogP contribution is -2.05. The van der Waals surface area contributed by atoms with Gasteiger partial charge in [-0.1, -0.05) is 11.8 Å². The van der Waals surface area contributed by atoms with Crippen LogP contribution >= 0.6 is 11.6 Å². The van der Waals surface area contributed by atoms with Crippen LogP contribution in [-0.2, 0) is 4.74 Å². The second-order valence-electron chi connectivity index (χ2n) is 2.73.